The number of rotatable bonds is 2. The third kappa shape index (κ3) is 2.76. The van der Waals surface area contributed by atoms with Crippen LogP contribution in [-0.4, -0.2) is 9.97 Å². The van der Waals surface area contributed by atoms with Crippen LogP contribution in [0.1, 0.15) is 0 Å². The Morgan fingerprint density at radius 2 is 1.75 bits per heavy atom. The van der Waals surface area contributed by atoms with Crippen LogP contribution in [0.15, 0.2) is 30.6 Å². The highest BCUT2D eigenvalue weighted by Gasteiger charge is 2.01. The topological polar surface area (TPSA) is 37.8 Å². The molecule has 3 nitrogen and oxygen atoms in total. The number of aromatic nitrogens is 2. The van der Waals surface area contributed by atoms with Crippen molar-refractivity contribution >= 4 is 46.3 Å². The third-order valence-corrected chi connectivity index (χ3v) is 2.77. The normalized spacial score (nSPS) is 10.2. The molecular weight excluding hydrogens is 268 g/mol. The highest BCUT2D eigenvalue weighted by molar-refractivity contribution is 6.42. The van der Waals surface area contributed by atoms with Gasteiger partial charge in [0.15, 0.2) is 0 Å². The van der Waals surface area contributed by atoms with Gasteiger partial charge in [-0.05, 0) is 18.2 Å². The van der Waals surface area contributed by atoms with Crippen molar-refractivity contribution in [3.8, 4) is 0 Å². The summed E-state index contributed by atoms with van der Waals surface area (Å²) in [5, 5.41) is 4.39. The number of halogens is 3. The van der Waals surface area contributed by atoms with Crippen LogP contribution >= 0.6 is 34.8 Å². The summed E-state index contributed by atoms with van der Waals surface area (Å²) >= 11 is 17.4. The summed E-state index contributed by atoms with van der Waals surface area (Å²) in [7, 11) is 0. The number of hydrogen-bond donors (Lipinski definition) is 1. The third-order valence-electron chi connectivity index (χ3n) is 1.83. The molecule has 0 fully saturated rings. The smallest absolute Gasteiger partial charge is 0.135 e. The molecule has 2 rings (SSSR count). The lowest BCUT2D eigenvalue weighted by Gasteiger charge is -2.06. The van der Waals surface area contributed by atoms with E-state index in [2.05, 4.69) is 15.3 Å². The van der Waals surface area contributed by atoms with Gasteiger partial charge in [0.05, 0.1) is 10.0 Å². The molecular formula is C10H6Cl3N3. The first-order valence-electron chi connectivity index (χ1n) is 4.35. The average molecular weight is 275 g/mol. The van der Waals surface area contributed by atoms with Crippen LogP contribution in [0.4, 0.5) is 11.5 Å². The summed E-state index contributed by atoms with van der Waals surface area (Å²) in [5.41, 5.74) is 0.782. The largest absolute Gasteiger partial charge is 0.340 e. The van der Waals surface area contributed by atoms with Crippen LogP contribution in [0.25, 0.3) is 0 Å². The van der Waals surface area contributed by atoms with Gasteiger partial charge in [-0.1, -0.05) is 34.8 Å². The minimum absolute atomic E-state index is 0.373. The summed E-state index contributed by atoms with van der Waals surface area (Å²) in [5.74, 6) is 0.596. The summed E-state index contributed by atoms with van der Waals surface area (Å²) < 4.78 is 0. The van der Waals surface area contributed by atoms with Gasteiger partial charge >= 0.3 is 0 Å². The molecule has 0 spiro atoms. The fourth-order valence-electron chi connectivity index (χ4n) is 1.12. The SMILES string of the molecule is Clc1cc(Nc2ccc(Cl)c(Cl)c2)ncn1. The maximum atomic E-state index is 5.88. The molecule has 6 heteroatoms. The summed E-state index contributed by atoms with van der Waals surface area (Å²) in [6.45, 7) is 0. The van der Waals surface area contributed by atoms with Crippen molar-refractivity contribution in [2.45, 2.75) is 0 Å². The fraction of sp³-hybridized carbons (Fsp3) is 0. The first kappa shape index (κ1) is 11.5. The fourth-order valence-corrected chi connectivity index (χ4v) is 1.57. The lowest BCUT2D eigenvalue weighted by Crippen LogP contribution is -1.93. The molecule has 0 bridgehead atoms. The summed E-state index contributed by atoms with van der Waals surface area (Å²) in [6, 6.07) is 6.82. The van der Waals surface area contributed by atoms with Crippen LogP contribution in [0.2, 0.25) is 15.2 Å². The lowest BCUT2D eigenvalue weighted by atomic mass is 10.3. The minimum Gasteiger partial charge on any atom is -0.340 e. The van der Waals surface area contributed by atoms with Gasteiger partial charge in [0.1, 0.15) is 17.3 Å². The van der Waals surface area contributed by atoms with Crippen molar-refractivity contribution in [1.82, 2.24) is 9.97 Å². The van der Waals surface area contributed by atoms with E-state index in [-0.39, 0.29) is 0 Å². The number of anilines is 2. The Balaban J connectivity index is 2.24. The Bertz CT molecular complexity index is 516. The molecule has 2 aromatic rings. The second-order valence-electron chi connectivity index (χ2n) is 2.98. The number of nitrogens with one attached hydrogen (secondary N) is 1. The van der Waals surface area contributed by atoms with Crippen molar-refractivity contribution in [2.24, 2.45) is 0 Å². The van der Waals surface area contributed by atoms with Crippen molar-refractivity contribution in [1.29, 1.82) is 0 Å². The van der Waals surface area contributed by atoms with Gasteiger partial charge in [0, 0.05) is 11.8 Å². The van der Waals surface area contributed by atoms with E-state index in [9.17, 15) is 0 Å². The molecule has 82 valence electrons. The van der Waals surface area contributed by atoms with Crippen LogP contribution in [-0.2, 0) is 0 Å². The molecule has 0 aliphatic heterocycles. The molecule has 1 N–H and O–H groups in total. The Morgan fingerprint density at radius 3 is 2.44 bits per heavy atom. The highest BCUT2D eigenvalue weighted by atomic mass is 35.5. The van der Waals surface area contributed by atoms with Crippen molar-refractivity contribution < 1.29 is 0 Å². The van der Waals surface area contributed by atoms with E-state index < -0.39 is 0 Å². The van der Waals surface area contributed by atoms with Gasteiger partial charge in [-0.25, -0.2) is 9.97 Å². The Labute approximate surface area is 107 Å². The summed E-state index contributed by atoms with van der Waals surface area (Å²) in [6.07, 6.45) is 1.38. The maximum Gasteiger partial charge on any atom is 0.135 e. The predicted molar refractivity (Wildman–Crippen MR) is 66.8 cm³/mol. The molecule has 1 aromatic heterocycles. The predicted octanol–water partition coefficient (Wildman–Crippen LogP) is 4.18. The van der Waals surface area contributed by atoms with Gasteiger partial charge in [-0.15, -0.1) is 0 Å². The monoisotopic (exact) mass is 273 g/mol. The van der Waals surface area contributed by atoms with E-state index in [4.69, 9.17) is 34.8 Å². The van der Waals surface area contributed by atoms with E-state index in [1.807, 2.05) is 0 Å². The number of benzene rings is 1. The van der Waals surface area contributed by atoms with Gasteiger partial charge in [0.2, 0.25) is 0 Å². The molecule has 0 saturated carbocycles. The second kappa shape index (κ2) is 4.87. The van der Waals surface area contributed by atoms with E-state index in [0.29, 0.717) is 21.0 Å². The van der Waals surface area contributed by atoms with Crippen molar-refractivity contribution in [3.63, 3.8) is 0 Å². The lowest BCUT2D eigenvalue weighted by molar-refractivity contribution is 1.17. The molecule has 0 unspecified atom stereocenters. The molecule has 0 aliphatic carbocycles. The quantitative estimate of drug-likeness (QED) is 0.835. The van der Waals surface area contributed by atoms with Crippen molar-refractivity contribution in [2.75, 3.05) is 5.32 Å². The first-order valence-corrected chi connectivity index (χ1v) is 5.48. The molecule has 0 atom stereocenters. The Morgan fingerprint density at radius 1 is 0.938 bits per heavy atom. The number of nitrogens with zero attached hydrogens (tertiary/aromatic N) is 2. The van der Waals surface area contributed by atoms with Crippen LogP contribution in [0.5, 0.6) is 0 Å². The molecule has 0 amide bonds. The molecule has 0 aliphatic rings. The van der Waals surface area contributed by atoms with Crippen LogP contribution in [0.3, 0.4) is 0 Å². The molecule has 1 heterocycles. The van der Waals surface area contributed by atoms with Crippen LogP contribution in [0, 0.1) is 0 Å². The molecule has 16 heavy (non-hydrogen) atoms. The Kier molecular flexibility index (Phi) is 3.49. The standard InChI is InChI=1S/C10H6Cl3N3/c11-7-2-1-6(3-8(7)12)16-10-4-9(13)14-5-15-10/h1-5H,(H,14,15,16). The zero-order chi connectivity index (χ0) is 11.5. The average Bonchev–Trinajstić information content (AvgIpc) is 2.24. The summed E-state index contributed by atoms with van der Waals surface area (Å²) in [4.78, 5) is 7.78. The van der Waals surface area contributed by atoms with Gasteiger partial charge in [0.25, 0.3) is 0 Å². The Hall–Kier alpha value is -1.03. The van der Waals surface area contributed by atoms with Gasteiger partial charge < -0.3 is 5.32 Å². The van der Waals surface area contributed by atoms with Crippen LogP contribution < -0.4 is 5.32 Å². The molecule has 0 saturated heterocycles. The van der Waals surface area contributed by atoms with Gasteiger partial charge in [-0.2, -0.15) is 0 Å². The highest BCUT2D eigenvalue weighted by Crippen LogP contribution is 2.26. The van der Waals surface area contributed by atoms with E-state index in [0.717, 1.165) is 5.69 Å². The van der Waals surface area contributed by atoms with E-state index >= 15 is 0 Å². The molecule has 1 aromatic carbocycles. The number of hydrogen-bond acceptors (Lipinski definition) is 3. The van der Waals surface area contributed by atoms with E-state index in [1.165, 1.54) is 6.33 Å². The zero-order valence-electron chi connectivity index (χ0n) is 7.92. The zero-order valence-corrected chi connectivity index (χ0v) is 10.2. The maximum absolute atomic E-state index is 5.88. The van der Waals surface area contributed by atoms with E-state index in [1.54, 1.807) is 24.3 Å². The van der Waals surface area contributed by atoms with Gasteiger partial charge in [-0.3, -0.25) is 0 Å². The molecule has 0 radical (unpaired) electrons. The first-order chi connectivity index (χ1) is 7.65. The van der Waals surface area contributed by atoms with Crippen molar-refractivity contribution in [3.05, 3.63) is 45.8 Å². The second-order valence-corrected chi connectivity index (χ2v) is 4.18. The minimum atomic E-state index is 0.373.